The van der Waals surface area contributed by atoms with Crippen molar-refractivity contribution < 1.29 is 9.21 Å². The molecule has 1 aliphatic carbocycles. The number of nitrogens with zero attached hydrogens (tertiary/aromatic N) is 1. The predicted molar refractivity (Wildman–Crippen MR) is 108 cm³/mol. The molecule has 1 aliphatic heterocycles. The van der Waals surface area contributed by atoms with Gasteiger partial charge in [-0.25, -0.2) is 0 Å². The highest BCUT2D eigenvalue weighted by Gasteiger charge is 2.25. The van der Waals surface area contributed by atoms with Gasteiger partial charge in [-0.1, -0.05) is 23.7 Å². The smallest absolute Gasteiger partial charge is 0.220 e. The number of likely N-dealkylation sites (tertiary alicyclic amines) is 1. The molecule has 1 aromatic heterocycles. The van der Waals surface area contributed by atoms with Gasteiger partial charge in [-0.3, -0.25) is 9.69 Å². The number of piperidine rings is 1. The number of hydrogen-bond acceptors (Lipinski definition) is 3. The van der Waals surface area contributed by atoms with Gasteiger partial charge >= 0.3 is 0 Å². The first-order chi connectivity index (χ1) is 13.2. The fraction of sp³-hybridized carbons (Fsp3) is 0.500. The highest BCUT2D eigenvalue weighted by Crippen LogP contribution is 2.30. The lowest BCUT2D eigenvalue weighted by Gasteiger charge is -2.32. The topological polar surface area (TPSA) is 45.5 Å². The summed E-state index contributed by atoms with van der Waals surface area (Å²) in [7, 11) is 0. The molecule has 0 radical (unpaired) electrons. The number of furan rings is 1. The minimum Gasteiger partial charge on any atom is -0.460 e. The summed E-state index contributed by atoms with van der Waals surface area (Å²) in [6.07, 6.45) is 6.36. The van der Waals surface area contributed by atoms with Crippen LogP contribution in [-0.4, -0.2) is 29.9 Å². The third-order valence-electron chi connectivity index (χ3n) is 5.51. The van der Waals surface area contributed by atoms with E-state index in [0.717, 1.165) is 56.0 Å². The number of rotatable bonds is 7. The van der Waals surface area contributed by atoms with Gasteiger partial charge in [0, 0.05) is 24.6 Å². The molecule has 1 saturated carbocycles. The molecule has 0 spiro atoms. The van der Waals surface area contributed by atoms with E-state index in [4.69, 9.17) is 16.0 Å². The molecule has 0 bridgehead atoms. The van der Waals surface area contributed by atoms with Crippen molar-refractivity contribution in [1.82, 2.24) is 10.2 Å². The molecule has 5 heteroatoms. The summed E-state index contributed by atoms with van der Waals surface area (Å²) in [6, 6.07) is 12.3. The summed E-state index contributed by atoms with van der Waals surface area (Å²) in [5, 5.41) is 3.80. The monoisotopic (exact) mass is 386 g/mol. The first kappa shape index (κ1) is 18.6. The van der Waals surface area contributed by atoms with Gasteiger partial charge in [0.05, 0.1) is 11.6 Å². The van der Waals surface area contributed by atoms with Crippen LogP contribution in [0.15, 0.2) is 40.8 Å². The maximum Gasteiger partial charge on any atom is 0.220 e. The molecule has 1 saturated heterocycles. The molecule has 27 heavy (non-hydrogen) atoms. The Morgan fingerprint density at radius 2 is 2.04 bits per heavy atom. The molecule has 1 N–H and O–H groups in total. The lowest BCUT2D eigenvalue weighted by Crippen LogP contribution is -2.35. The van der Waals surface area contributed by atoms with E-state index in [1.165, 1.54) is 12.8 Å². The van der Waals surface area contributed by atoms with Gasteiger partial charge in [-0.15, -0.1) is 0 Å². The average Bonchev–Trinajstić information content (AvgIpc) is 3.36. The number of hydrogen-bond donors (Lipinski definition) is 1. The van der Waals surface area contributed by atoms with Gasteiger partial charge < -0.3 is 9.73 Å². The van der Waals surface area contributed by atoms with Crippen LogP contribution in [0.4, 0.5) is 0 Å². The summed E-state index contributed by atoms with van der Waals surface area (Å²) in [6.45, 7) is 2.95. The lowest BCUT2D eigenvalue weighted by atomic mass is 9.93. The van der Waals surface area contributed by atoms with Crippen LogP contribution in [0.25, 0.3) is 11.3 Å². The highest BCUT2D eigenvalue weighted by molar-refractivity contribution is 6.33. The zero-order chi connectivity index (χ0) is 18.6. The van der Waals surface area contributed by atoms with Crippen molar-refractivity contribution in [3.8, 4) is 11.3 Å². The Morgan fingerprint density at radius 1 is 1.19 bits per heavy atom. The van der Waals surface area contributed by atoms with Gasteiger partial charge in [-0.2, -0.15) is 0 Å². The van der Waals surface area contributed by atoms with E-state index >= 15 is 0 Å². The molecule has 1 amide bonds. The minimum atomic E-state index is 0.227. The second kappa shape index (κ2) is 8.49. The van der Waals surface area contributed by atoms with Crippen molar-refractivity contribution in [2.24, 2.45) is 5.92 Å². The molecule has 144 valence electrons. The fourth-order valence-electron chi connectivity index (χ4n) is 3.88. The molecule has 1 aromatic carbocycles. The number of carbonyl (C=O) groups is 1. The molecular weight excluding hydrogens is 360 g/mol. The standard InChI is InChI=1S/C22H27ClN2O2/c23-20-6-2-1-5-19(20)21-11-10-18(27-21)15-25-13-3-4-16(14-25)7-12-22(26)24-17-8-9-17/h1-2,5-6,10-11,16-17H,3-4,7-9,12-15H2,(H,24,26)/t16-/m0/s1. The first-order valence-electron chi connectivity index (χ1n) is 10.0. The average molecular weight is 387 g/mol. The van der Waals surface area contributed by atoms with E-state index in [9.17, 15) is 4.79 Å². The Bertz CT molecular complexity index is 784. The van der Waals surface area contributed by atoms with Crippen LogP contribution in [0.2, 0.25) is 5.02 Å². The third kappa shape index (κ3) is 5.14. The van der Waals surface area contributed by atoms with Crippen LogP contribution in [0.3, 0.4) is 0 Å². The second-order valence-electron chi connectivity index (χ2n) is 7.87. The number of carbonyl (C=O) groups excluding carboxylic acids is 1. The molecule has 2 aliphatic rings. The number of amides is 1. The van der Waals surface area contributed by atoms with Crippen molar-refractivity contribution in [3.63, 3.8) is 0 Å². The van der Waals surface area contributed by atoms with Crippen LogP contribution in [-0.2, 0) is 11.3 Å². The number of halogens is 1. The van der Waals surface area contributed by atoms with E-state index in [-0.39, 0.29) is 5.91 Å². The molecule has 2 fully saturated rings. The van der Waals surface area contributed by atoms with E-state index in [2.05, 4.69) is 10.2 Å². The summed E-state index contributed by atoms with van der Waals surface area (Å²) in [5.41, 5.74) is 0.934. The van der Waals surface area contributed by atoms with Crippen LogP contribution in [0.1, 0.15) is 44.3 Å². The third-order valence-corrected chi connectivity index (χ3v) is 5.84. The molecule has 4 rings (SSSR count). The van der Waals surface area contributed by atoms with Crippen LogP contribution in [0.5, 0.6) is 0 Å². The van der Waals surface area contributed by atoms with Crippen LogP contribution in [0, 0.1) is 5.92 Å². The Morgan fingerprint density at radius 3 is 2.85 bits per heavy atom. The largest absolute Gasteiger partial charge is 0.460 e. The number of benzene rings is 1. The summed E-state index contributed by atoms with van der Waals surface area (Å²) >= 11 is 6.27. The van der Waals surface area contributed by atoms with Gasteiger partial charge in [0.15, 0.2) is 0 Å². The first-order valence-corrected chi connectivity index (χ1v) is 10.4. The molecular formula is C22H27ClN2O2. The summed E-state index contributed by atoms with van der Waals surface area (Å²) in [5.74, 6) is 2.62. The summed E-state index contributed by atoms with van der Waals surface area (Å²) < 4.78 is 6.05. The Kier molecular flexibility index (Phi) is 5.84. The van der Waals surface area contributed by atoms with Crippen molar-refractivity contribution in [1.29, 1.82) is 0 Å². The zero-order valence-electron chi connectivity index (χ0n) is 15.6. The zero-order valence-corrected chi connectivity index (χ0v) is 16.4. The van der Waals surface area contributed by atoms with Gasteiger partial charge in [0.1, 0.15) is 11.5 Å². The Labute approximate surface area is 165 Å². The molecule has 2 heterocycles. The van der Waals surface area contributed by atoms with Crippen LogP contribution >= 0.6 is 11.6 Å². The van der Waals surface area contributed by atoms with Crippen molar-refractivity contribution in [2.45, 2.75) is 51.1 Å². The second-order valence-corrected chi connectivity index (χ2v) is 8.28. The lowest BCUT2D eigenvalue weighted by molar-refractivity contribution is -0.121. The molecule has 0 unspecified atom stereocenters. The van der Waals surface area contributed by atoms with Crippen molar-refractivity contribution >= 4 is 17.5 Å². The van der Waals surface area contributed by atoms with Crippen molar-refractivity contribution in [3.05, 3.63) is 47.2 Å². The minimum absolute atomic E-state index is 0.227. The highest BCUT2D eigenvalue weighted by atomic mass is 35.5. The van der Waals surface area contributed by atoms with Crippen LogP contribution < -0.4 is 5.32 Å². The van der Waals surface area contributed by atoms with E-state index in [1.807, 2.05) is 36.4 Å². The van der Waals surface area contributed by atoms with Gasteiger partial charge in [0.2, 0.25) is 5.91 Å². The van der Waals surface area contributed by atoms with E-state index in [1.54, 1.807) is 0 Å². The summed E-state index contributed by atoms with van der Waals surface area (Å²) in [4.78, 5) is 14.4. The molecule has 2 aromatic rings. The predicted octanol–water partition coefficient (Wildman–Crippen LogP) is 4.87. The van der Waals surface area contributed by atoms with Crippen molar-refractivity contribution in [2.75, 3.05) is 13.1 Å². The maximum atomic E-state index is 11.9. The van der Waals surface area contributed by atoms with Gasteiger partial charge in [-0.05, 0) is 68.8 Å². The number of nitrogens with one attached hydrogen (secondary N) is 1. The maximum absolute atomic E-state index is 11.9. The quantitative estimate of drug-likeness (QED) is 0.738. The Hall–Kier alpha value is -1.78. The Balaban J connectivity index is 1.29. The van der Waals surface area contributed by atoms with E-state index in [0.29, 0.717) is 23.4 Å². The molecule has 4 nitrogen and oxygen atoms in total. The molecule has 1 atom stereocenters. The normalized spacial score (nSPS) is 20.6. The SMILES string of the molecule is O=C(CC[C@@H]1CCCN(Cc2ccc(-c3ccccc3Cl)o2)C1)NC1CC1. The fourth-order valence-corrected chi connectivity index (χ4v) is 4.11. The van der Waals surface area contributed by atoms with E-state index < -0.39 is 0 Å². The van der Waals surface area contributed by atoms with Gasteiger partial charge in [0.25, 0.3) is 0 Å².